The minimum absolute atomic E-state index is 0.107. The zero-order valence-corrected chi connectivity index (χ0v) is 10.7. The van der Waals surface area contributed by atoms with Crippen LogP contribution in [0, 0.1) is 5.92 Å². The van der Waals surface area contributed by atoms with E-state index in [4.69, 9.17) is 5.73 Å². The normalized spacial score (nSPS) is 17.3. The van der Waals surface area contributed by atoms with Gasteiger partial charge in [-0.3, -0.25) is 4.79 Å². The molecule has 0 rings (SSSR count). The fourth-order valence-electron chi connectivity index (χ4n) is 1.06. The molecule has 0 radical (unpaired) electrons. The van der Waals surface area contributed by atoms with E-state index < -0.39 is 11.6 Å². The van der Waals surface area contributed by atoms with Crippen molar-refractivity contribution in [3.63, 3.8) is 0 Å². The molecule has 1 amide bonds. The van der Waals surface area contributed by atoms with Crippen molar-refractivity contribution in [3.8, 4) is 0 Å². The van der Waals surface area contributed by atoms with Crippen LogP contribution in [-0.4, -0.2) is 41.2 Å². The monoisotopic (exact) mass is 234 g/mol. The minimum atomic E-state index is -0.869. The lowest BCUT2D eigenvalue weighted by atomic mass is 10.0. The number of rotatable bonds is 6. The smallest absolute Gasteiger partial charge is 0.237 e. The van der Waals surface area contributed by atoms with Crippen LogP contribution in [0.3, 0.4) is 0 Å². The Kier molecular flexibility index (Phi) is 6.24. The summed E-state index contributed by atoms with van der Waals surface area (Å²) in [5, 5.41) is 12.5. The van der Waals surface area contributed by atoms with Crippen LogP contribution in [0.2, 0.25) is 0 Å². The molecule has 5 heteroatoms. The van der Waals surface area contributed by atoms with Crippen molar-refractivity contribution in [2.75, 3.05) is 18.6 Å². The molecule has 0 aliphatic rings. The van der Waals surface area contributed by atoms with Crippen LogP contribution in [0.4, 0.5) is 0 Å². The van der Waals surface area contributed by atoms with Gasteiger partial charge in [-0.25, -0.2) is 0 Å². The zero-order valence-electron chi connectivity index (χ0n) is 9.91. The number of thioether (sulfide) groups is 1. The average molecular weight is 234 g/mol. The summed E-state index contributed by atoms with van der Waals surface area (Å²) >= 11 is 1.54. The van der Waals surface area contributed by atoms with Gasteiger partial charge in [0.15, 0.2) is 0 Å². The molecular formula is C10H22N2O2S. The molecule has 0 heterocycles. The molecule has 0 aromatic heterocycles. The Labute approximate surface area is 96.0 Å². The largest absolute Gasteiger partial charge is 0.387 e. The van der Waals surface area contributed by atoms with Crippen LogP contribution >= 0.6 is 11.8 Å². The van der Waals surface area contributed by atoms with Gasteiger partial charge >= 0.3 is 0 Å². The average Bonchev–Trinajstić information content (AvgIpc) is 2.13. The van der Waals surface area contributed by atoms with Crippen molar-refractivity contribution in [3.05, 3.63) is 0 Å². The molecule has 0 spiro atoms. The molecule has 4 nitrogen and oxygen atoms in total. The van der Waals surface area contributed by atoms with E-state index in [1.807, 2.05) is 20.1 Å². The van der Waals surface area contributed by atoms with Crippen LogP contribution < -0.4 is 11.1 Å². The van der Waals surface area contributed by atoms with Crippen molar-refractivity contribution in [1.29, 1.82) is 0 Å². The van der Waals surface area contributed by atoms with Gasteiger partial charge in [0, 0.05) is 12.3 Å². The number of amides is 1. The summed E-state index contributed by atoms with van der Waals surface area (Å²) in [7, 11) is 0. The van der Waals surface area contributed by atoms with Crippen molar-refractivity contribution in [2.45, 2.75) is 32.4 Å². The van der Waals surface area contributed by atoms with E-state index in [1.54, 1.807) is 18.7 Å². The molecule has 15 heavy (non-hydrogen) atoms. The second kappa shape index (κ2) is 6.35. The van der Waals surface area contributed by atoms with Gasteiger partial charge in [0.2, 0.25) is 5.91 Å². The molecule has 0 aliphatic heterocycles. The lowest BCUT2D eigenvalue weighted by Crippen LogP contribution is -2.49. The lowest BCUT2D eigenvalue weighted by molar-refractivity contribution is -0.124. The Balaban J connectivity index is 4.00. The number of hydrogen-bond donors (Lipinski definition) is 3. The first-order valence-electron chi connectivity index (χ1n) is 5.05. The highest BCUT2D eigenvalue weighted by molar-refractivity contribution is 7.98. The Hall–Kier alpha value is -0.260. The molecule has 0 aromatic carbocycles. The van der Waals surface area contributed by atoms with Crippen molar-refractivity contribution < 1.29 is 9.90 Å². The fourth-order valence-corrected chi connectivity index (χ4v) is 1.78. The summed E-state index contributed by atoms with van der Waals surface area (Å²) in [4.78, 5) is 11.5. The third-order valence-electron chi connectivity index (χ3n) is 2.12. The topological polar surface area (TPSA) is 75.3 Å². The fraction of sp³-hybridized carbons (Fsp3) is 0.900. The highest BCUT2D eigenvalue weighted by Crippen LogP contribution is 2.09. The Morgan fingerprint density at radius 2 is 2.13 bits per heavy atom. The quantitative estimate of drug-likeness (QED) is 0.614. The molecular weight excluding hydrogens is 212 g/mol. The summed E-state index contributed by atoms with van der Waals surface area (Å²) in [5.74, 6) is 0.492. The maximum absolute atomic E-state index is 11.5. The maximum Gasteiger partial charge on any atom is 0.237 e. The van der Waals surface area contributed by atoms with Gasteiger partial charge in [0.1, 0.15) is 0 Å². The van der Waals surface area contributed by atoms with Gasteiger partial charge in [0.25, 0.3) is 0 Å². The first-order valence-corrected chi connectivity index (χ1v) is 6.44. The molecule has 0 bridgehead atoms. The van der Waals surface area contributed by atoms with Crippen LogP contribution in [0.15, 0.2) is 0 Å². The first kappa shape index (κ1) is 14.7. The third kappa shape index (κ3) is 6.02. The summed E-state index contributed by atoms with van der Waals surface area (Å²) < 4.78 is 0. The first-order chi connectivity index (χ1) is 6.80. The van der Waals surface area contributed by atoms with E-state index in [0.29, 0.717) is 5.75 Å². The van der Waals surface area contributed by atoms with E-state index >= 15 is 0 Å². The number of nitrogens with one attached hydrogen (secondary N) is 1. The summed E-state index contributed by atoms with van der Waals surface area (Å²) in [6.07, 6.45) is 1.91. The van der Waals surface area contributed by atoms with Gasteiger partial charge in [0.05, 0.1) is 11.6 Å². The summed E-state index contributed by atoms with van der Waals surface area (Å²) in [6.45, 7) is 5.73. The molecule has 0 saturated heterocycles. The maximum atomic E-state index is 11.5. The van der Waals surface area contributed by atoms with Crippen molar-refractivity contribution in [1.82, 2.24) is 5.32 Å². The van der Waals surface area contributed by atoms with Gasteiger partial charge in [-0.15, -0.1) is 0 Å². The van der Waals surface area contributed by atoms with Crippen LogP contribution in [0.25, 0.3) is 0 Å². The zero-order chi connectivity index (χ0) is 12.1. The van der Waals surface area contributed by atoms with Crippen LogP contribution in [0.5, 0.6) is 0 Å². The van der Waals surface area contributed by atoms with Crippen LogP contribution in [0.1, 0.15) is 20.8 Å². The highest BCUT2D eigenvalue weighted by atomic mass is 32.2. The van der Waals surface area contributed by atoms with Crippen molar-refractivity contribution in [2.24, 2.45) is 11.7 Å². The highest BCUT2D eigenvalue weighted by Gasteiger charge is 2.23. The third-order valence-corrected chi connectivity index (χ3v) is 3.03. The van der Waals surface area contributed by atoms with E-state index in [0.717, 1.165) is 0 Å². The van der Waals surface area contributed by atoms with E-state index in [1.165, 1.54) is 0 Å². The van der Waals surface area contributed by atoms with E-state index in [-0.39, 0.29) is 18.4 Å². The Morgan fingerprint density at radius 1 is 1.60 bits per heavy atom. The summed E-state index contributed by atoms with van der Waals surface area (Å²) in [6, 6.07) is -0.505. The SMILES string of the molecule is CSCC(C)(O)CNC(=O)[C@@H](N)C(C)C. The van der Waals surface area contributed by atoms with E-state index in [2.05, 4.69) is 5.32 Å². The predicted octanol–water partition coefficient (Wildman–Crippen LogP) is 0.200. The number of aliphatic hydroxyl groups is 1. The number of carbonyl (C=O) groups is 1. The van der Waals surface area contributed by atoms with Gasteiger partial charge in [-0.05, 0) is 19.1 Å². The molecule has 1 unspecified atom stereocenters. The van der Waals surface area contributed by atoms with Gasteiger partial charge in [-0.1, -0.05) is 13.8 Å². The molecule has 0 aromatic rings. The van der Waals surface area contributed by atoms with Gasteiger partial charge in [-0.2, -0.15) is 11.8 Å². The molecule has 0 fully saturated rings. The second-order valence-electron chi connectivity index (χ2n) is 4.42. The predicted molar refractivity (Wildman–Crippen MR) is 64.8 cm³/mol. The van der Waals surface area contributed by atoms with Crippen molar-refractivity contribution >= 4 is 17.7 Å². The van der Waals surface area contributed by atoms with Gasteiger partial charge < -0.3 is 16.2 Å². The standard InChI is InChI=1S/C10H22N2O2S/c1-7(2)8(11)9(13)12-5-10(3,14)6-15-4/h7-8,14H,5-6,11H2,1-4H3,(H,12,13)/t8-,10?/m0/s1. The molecule has 2 atom stereocenters. The summed E-state index contributed by atoms with van der Waals surface area (Å²) in [5.41, 5.74) is 4.80. The minimum Gasteiger partial charge on any atom is -0.387 e. The van der Waals surface area contributed by atoms with Crippen LogP contribution in [-0.2, 0) is 4.79 Å². The number of nitrogens with two attached hydrogens (primary N) is 1. The molecule has 4 N–H and O–H groups in total. The lowest BCUT2D eigenvalue weighted by Gasteiger charge is -2.24. The number of hydrogen-bond acceptors (Lipinski definition) is 4. The number of carbonyl (C=O) groups excluding carboxylic acids is 1. The molecule has 0 aliphatic carbocycles. The Morgan fingerprint density at radius 3 is 2.53 bits per heavy atom. The van der Waals surface area contributed by atoms with E-state index in [9.17, 15) is 9.90 Å². The molecule has 0 saturated carbocycles. The Bertz CT molecular complexity index is 208. The second-order valence-corrected chi connectivity index (χ2v) is 5.28. The molecule has 90 valence electrons.